The van der Waals surface area contributed by atoms with Crippen molar-refractivity contribution in [2.75, 3.05) is 19.4 Å². The van der Waals surface area contributed by atoms with Crippen molar-refractivity contribution >= 4 is 10.8 Å². The molecule has 1 aliphatic heterocycles. The number of hydrogen-bond acceptors (Lipinski definition) is 3. The third-order valence-corrected chi connectivity index (χ3v) is 4.99. The second-order valence-electron chi connectivity index (χ2n) is 6.94. The van der Waals surface area contributed by atoms with E-state index in [4.69, 9.17) is 4.74 Å². The highest BCUT2D eigenvalue weighted by molar-refractivity contribution is 7.84. The van der Waals surface area contributed by atoms with Crippen molar-refractivity contribution in [3.8, 4) is 0 Å². The van der Waals surface area contributed by atoms with E-state index in [1.807, 2.05) is 12.1 Å². The summed E-state index contributed by atoms with van der Waals surface area (Å²) in [4.78, 5) is 0.885. The molecule has 2 rings (SSSR count). The fourth-order valence-corrected chi connectivity index (χ4v) is 3.52. The van der Waals surface area contributed by atoms with Crippen molar-refractivity contribution in [1.82, 2.24) is 5.32 Å². The Morgan fingerprint density at radius 1 is 1.29 bits per heavy atom. The van der Waals surface area contributed by atoms with Gasteiger partial charge in [0.25, 0.3) is 0 Å². The molecule has 1 N–H and O–H groups in total. The Balaban J connectivity index is 1.82. The highest BCUT2D eigenvalue weighted by Gasteiger charge is 2.36. The van der Waals surface area contributed by atoms with Crippen molar-refractivity contribution < 1.29 is 8.95 Å². The molecule has 1 fully saturated rings. The number of nitrogens with one attached hydrogen (secondary N) is 1. The highest BCUT2D eigenvalue weighted by Crippen LogP contribution is 2.34. The number of hydrogen-bond donors (Lipinski definition) is 1. The summed E-state index contributed by atoms with van der Waals surface area (Å²) in [5, 5.41) is 3.54. The van der Waals surface area contributed by atoms with Crippen LogP contribution in [-0.2, 0) is 22.1 Å². The van der Waals surface area contributed by atoms with Crippen LogP contribution in [0.25, 0.3) is 0 Å². The van der Waals surface area contributed by atoms with Crippen molar-refractivity contribution in [2.45, 2.75) is 44.7 Å². The van der Waals surface area contributed by atoms with E-state index < -0.39 is 10.8 Å². The summed E-state index contributed by atoms with van der Waals surface area (Å²) in [6.45, 7) is 9.47. The van der Waals surface area contributed by atoms with Gasteiger partial charge in [0, 0.05) is 47.6 Å². The molecule has 1 aromatic carbocycles. The summed E-state index contributed by atoms with van der Waals surface area (Å²) in [5.41, 5.74) is 1.44. The first kappa shape index (κ1) is 16.7. The molecule has 4 heteroatoms. The van der Waals surface area contributed by atoms with Crippen LogP contribution in [0.1, 0.15) is 32.8 Å². The van der Waals surface area contributed by atoms with E-state index in [2.05, 4.69) is 38.2 Å². The molecule has 0 radical (unpaired) electrons. The van der Waals surface area contributed by atoms with Gasteiger partial charge in [-0.25, -0.2) is 0 Å². The van der Waals surface area contributed by atoms with E-state index in [1.54, 1.807) is 6.26 Å². The van der Waals surface area contributed by atoms with E-state index in [1.165, 1.54) is 5.56 Å². The van der Waals surface area contributed by atoms with Crippen molar-refractivity contribution in [3.63, 3.8) is 0 Å². The summed E-state index contributed by atoms with van der Waals surface area (Å²) < 4.78 is 17.3. The lowest BCUT2D eigenvalue weighted by molar-refractivity contribution is 0.00721. The summed E-state index contributed by atoms with van der Waals surface area (Å²) in [6.07, 6.45) is 3.19. The smallest absolute Gasteiger partial charge is 0.0664 e. The average molecular weight is 309 g/mol. The van der Waals surface area contributed by atoms with Crippen molar-refractivity contribution in [3.05, 3.63) is 29.8 Å². The van der Waals surface area contributed by atoms with E-state index in [0.29, 0.717) is 12.0 Å². The summed E-state index contributed by atoms with van der Waals surface area (Å²) in [5.74, 6) is 0.590. The van der Waals surface area contributed by atoms with Gasteiger partial charge in [-0.15, -0.1) is 0 Å². The lowest BCUT2D eigenvalue weighted by Gasteiger charge is -2.31. The van der Waals surface area contributed by atoms with Crippen LogP contribution in [0.5, 0.6) is 0 Å². The molecule has 0 spiro atoms. The molecule has 1 aliphatic rings. The second kappa shape index (κ2) is 7.03. The molecule has 3 atom stereocenters. The van der Waals surface area contributed by atoms with E-state index >= 15 is 0 Å². The fourth-order valence-electron chi connectivity index (χ4n) is 3.00. The number of rotatable bonds is 5. The summed E-state index contributed by atoms with van der Waals surface area (Å²) in [6, 6.07) is 8.00. The SMILES string of the molecule is CS(=O)c1ccc(CNC[C@H]2CCO[C@@H]2C(C)(C)C)cc1. The molecule has 0 aliphatic carbocycles. The van der Waals surface area contributed by atoms with Crippen molar-refractivity contribution in [2.24, 2.45) is 11.3 Å². The average Bonchev–Trinajstić information content (AvgIpc) is 2.88. The number of benzene rings is 1. The molecule has 0 bridgehead atoms. The highest BCUT2D eigenvalue weighted by atomic mass is 32.2. The quantitative estimate of drug-likeness (QED) is 0.909. The van der Waals surface area contributed by atoms with Crippen LogP contribution in [0.2, 0.25) is 0 Å². The molecule has 0 saturated carbocycles. The van der Waals surface area contributed by atoms with Gasteiger partial charge in [0.1, 0.15) is 0 Å². The van der Waals surface area contributed by atoms with E-state index in [0.717, 1.165) is 31.0 Å². The minimum absolute atomic E-state index is 0.204. The fraction of sp³-hybridized carbons (Fsp3) is 0.647. The van der Waals surface area contributed by atoms with Crippen LogP contribution in [0, 0.1) is 11.3 Å². The Morgan fingerprint density at radius 2 is 1.95 bits per heavy atom. The van der Waals surface area contributed by atoms with Gasteiger partial charge in [-0.2, -0.15) is 0 Å². The molecule has 1 aromatic rings. The zero-order chi connectivity index (χ0) is 15.5. The van der Waals surface area contributed by atoms with E-state index in [9.17, 15) is 4.21 Å². The topological polar surface area (TPSA) is 38.3 Å². The Kier molecular flexibility index (Phi) is 5.58. The maximum atomic E-state index is 11.4. The molecule has 3 nitrogen and oxygen atoms in total. The maximum absolute atomic E-state index is 11.4. The van der Waals surface area contributed by atoms with Gasteiger partial charge in [-0.05, 0) is 29.5 Å². The maximum Gasteiger partial charge on any atom is 0.0664 e. The van der Waals surface area contributed by atoms with Crippen molar-refractivity contribution in [1.29, 1.82) is 0 Å². The van der Waals surface area contributed by atoms with Gasteiger partial charge in [-0.3, -0.25) is 4.21 Å². The molecule has 1 heterocycles. The van der Waals surface area contributed by atoms with Gasteiger partial charge >= 0.3 is 0 Å². The first-order valence-electron chi connectivity index (χ1n) is 7.62. The minimum Gasteiger partial charge on any atom is -0.377 e. The summed E-state index contributed by atoms with van der Waals surface area (Å²) >= 11 is 0. The molecule has 1 saturated heterocycles. The Hall–Kier alpha value is -0.710. The van der Waals surface area contributed by atoms with Gasteiger partial charge in [0.15, 0.2) is 0 Å². The predicted molar refractivity (Wildman–Crippen MR) is 87.8 cm³/mol. The minimum atomic E-state index is -0.897. The molecular weight excluding hydrogens is 282 g/mol. The molecule has 118 valence electrons. The molecule has 0 amide bonds. The van der Waals surface area contributed by atoms with Crippen LogP contribution >= 0.6 is 0 Å². The van der Waals surface area contributed by atoms with Gasteiger partial charge < -0.3 is 10.1 Å². The Bertz CT molecular complexity index is 479. The molecular formula is C17H27NO2S. The van der Waals surface area contributed by atoms with Crippen LogP contribution in [-0.4, -0.2) is 29.7 Å². The van der Waals surface area contributed by atoms with Gasteiger partial charge in [-0.1, -0.05) is 32.9 Å². The third kappa shape index (κ3) is 4.63. The molecule has 1 unspecified atom stereocenters. The lowest BCUT2D eigenvalue weighted by atomic mass is 9.81. The second-order valence-corrected chi connectivity index (χ2v) is 8.31. The van der Waals surface area contributed by atoms with Gasteiger partial charge in [0.2, 0.25) is 0 Å². The standard InChI is InChI=1S/C17H27NO2S/c1-17(2,3)16-14(9-10-20-16)12-18-11-13-5-7-15(8-6-13)21(4)19/h5-8,14,16,18H,9-12H2,1-4H3/t14-,16+,21?/m1/s1. The molecule has 21 heavy (non-hydrogen) atoms. The van der Waals surface area contributed by atoms with Crippen LogP contribution in [0.4, 0.5) is 0 Å². The normalized spacial score (nSPS) is 24.2. The Morgan fingerprint density at radius 3 is 2.52 bits per heavy atom. The first-order chi connectivity index (χ1) is 9.88. The lowest BCUT2D eigenvalue weighted by Crippen LogP contribution is -2.36. The van der Waals surface area contributed by atoms with Crippen LogP contribution in [0.3, 0.4) is 0 Å². The van der Waals surface area contributed by atoms with Crippen LogP contribution < -0.4 is 5.32 Å². The monoisotopic (exact) mass is 309 g/mol. The third-order valence-electron chi connectivity index (χ3n) is 4.06. The molecule has 0 aromatic heterocycles. The number of ether oxygens (including phenoxy) is 1. The van der Waals surface area contributed by atoms with Gasteiger partial charge in [0.05, 0.1) is 6.10 Å². The van der Waals surface area contributed by atoms with Crippen LogP contribution in [0.15, 0.2) is 29.2 Å². The summed E-state index contributed by atoms with van der Waals surface area (Å²) in [7, 11) is -0.897. The predicted octanol–water partition coefficient (Wildman–Crippen LogP) is 2.96. The Labute approximate surface area is 130 Å². The van der Waals surface area contributed by atoms with E-state index in [-0.39, 0.29) is 5.41 Å². The first-order valence-corrected chi connectivity index (χ1v) is 9.18. The zero-order valence-electron chi connectivity index (χ0n) is 13.5. The zero-order valence-corrected chi connectivity index (χ0v) is 14.3. The largest absolute Gasteiger partial charge is 0.377 e.